The zero-order valence-electron chi connectivity index (χ0n) is 20.5. The Labute approximate surface area is 216 Å². The highest BCUT2D eigenvalue weighted by Gasteiger charge is 2.43. The average Bonchev–Trinajstić information content (AvgIpc) is 2.90. The van der Waals surface area contributed by atoms with Crippen LogP contribution in [0.25, 0.3) is 0 Å². The molecule has 0 aliphatic carbocycles. The molecule has 13 atom stereocenters. The highest BCUT2D eigenvalue weighted by Crippen LogP contribution is 2.19. The normalized spacial score (nSPS) is 29.3. The van der Waals surface area contributed by atoms with Crippen LogP contribution >= 0.6 is 0 Å². The van der Waals surface area contributed by atoms with E-state index >= 15 is 0 Å². The van der Waals surface area contributed by atoms with Gasteiger partial charge in [-0.3, -0.25) is 4.79 Å². The Balaban J connectivity index is 0. The fourth-order valence-corrected chi connectivity index (χ4v) is 2.67. The van der Waals surface area contributed by atoms with Crippen molar-refractivity contribution in [2.75, 3.05) is 13.2 Å². The van der Waals surface area contributed by atoms with E-state index in [1.807, 2.05) is 0 Å². The van der Waals surface area contributed by atoms with Crippen molar-refractivity contribution in [1.82, 2.24) is 5.32 Å². The minimum Gasteiger partial charge on any atom is -0.394 e. The van der Waals surface area contributed by atoms with Crippen molar-refractivity contribution in [2.24, 2.45) is 0 Å². The molecule has 0 bridgehead atoms. The van der Waals surface area contributed by atoms with Gasteiger partial charge in [0, 0.05) is 6.92 Å². The summed E-state index contributed by atoms with van der Waals surface area (Å²) in [5.74, 6) is -0.462. The molecular weight excluding hydrogens is 526 g/mol. The second-order valence-corrected chi connectivity index (χ2v) is 8.16. The van der Waals surface area contributed by atoms with E-state index in [9.17, 15) is 29.7 Å². The Morgan fingerprint density at radius 1 is 0.816 bits per heavy atom. The van der Waals surface area contributed by atoms with Gasteiger partial charge >= 0.3 is 0 Å². The average molecular weight is 566 g/mol. The molecule has 1 fully saturated rings. The molecular formula is C20H39NO17. The lowest BCUT2D eigenvalue weighted by molar-refractivity contribution is -0.253. The van der Waals surface area contributed by atoms with Gasteiger partial charge in [-0.25, -0.2) is 0 Å². The van der Waals surface area contributed by atoms with Crippen LogP contribution in [0.5, 0.6) is 0 Å². The van der Waals surface area contributed by atoms with Crippen LogP contribution < -0.4 is 5.32 Å². The van der Waals surface area contributed by atoms with E-state index in [2.05, 4.69) is 5.32 Å². The Morgan fingerprint density at radius 3 is 1.61 bits per heavy atom. The molecule has 18 heteroatoms. The van der Waals surface area contributed by atoms with E-state index in [0.29, 0.717) is 0 Å². The van der Waals surface area contributed by atoms with Gasteiger partial charge in [0.1, 0.15) is 67.1 Å². The number of hydrogen-bond donors (Lipinski definition) is 14. The van der Waals surface area contributed by atoms with E-state index in [1.165, 1.54) is 13.8 Å². The summed E-state index contributed by atoms with van der Waals surface area (Å²) in [4.78, 5) is 30.5. The summed E-state index contributed by atoms with van der Waals surface area (Å²) in [6.45, 7) is 1.17. The molecule has 1 aliphatic heterocycles. The lowest BCUT2D eigenvalue weighted by Crippen LogP contribution is -2.63. The van der Waals surface area contributed by atoms with Crippen molar-refractivity contribution in [3.05, 3.63) is 0 Å². The molecule has 1 amide bonds. The van der Waals surface area contributed by atoms with E-state index in [4.69, 9.17) is 55.8 Å². The molecule has 18 nitrogen and oxygen atoms in total. The number of aliphatic hydroxyl groups excluding tert-OH is 13. The van der Waals surface area contributed by atoms with E-state index in [1.54, 1.807) is 0 Å². The molecule has 1 heterocycles. The highest BCUT2D eigenvalue weighted by molar-refractivity contribution is 5.73. The molecule has 38 heavy (non-hydrogen) atoms. The van der Waals surface area contributed by atoms with Crippen LogP contribution in [-0.2, 0) is 19.1 Å². The quantitative estimate of drug-likeness (QED) is 0.103. The van der Waals surface area contributed by atoms with E-state index in [0.717, 1.165) is 0 Å². The van der Waals surface area contributed by atoms with Crippen LogP contribution in [0.2, 0.25) is 0 Å². The maximum absolute atomic E-state index is 10.7. The molecule has 0 aromatic heterocycles. The van der Waals surface area contributed by atoms with Gasteiger partial charge in [-0.1, -0.05) is 0 Å². The van der Waals surface area contributed by atoms with Crippen LogP contribution in [0, 0.1) is 0 Å². The maximum atomic E-state index is 10.7. The van der Waals surface area contributed by atoms with Crippen molar-refractivity contribution >= 4 is 18.5 Å². The van der Waals surface area contributed by atoms with Gasteiger partial charge in [0.2, 0.25) is 5.91 Å². The number of aldehydes is 2. The standard InChI is InChI=1S/C8H15NO6.C6H12O6.C6H12O5/c1-3(11)9-5-7(13)6(12)4(2-10)15-8(5)14;7-1-3(9)5(11)6(12)4(10)2-8;1-3(8)5(10)6(11)4(9)2-7/h4-8,10,12-14H,2H2,1H3,(H,9,11);1,3-6,8-12H,2H2;2-6,8-11H,1H3/t4-,5-,6-,7-,8?;2*3-,4+,5+,6-/m100/s1. The topological polar surface area (TPSA) is 335 Å². The molecule has 14 N–H and O–H groups in total. The highest BCUT2D eigenvalue weighted by atomic mass is 16.6. The van der Waals surface area contributed by atoms with E-state index in [-0.39, 0.29) is 12.6 Å². The predicted octanol–water partition coefficient (Wildman–Crippen LogP) is -8.81. The molecule has 0 spiro atoms. The summed E-state index contributed by atoms with van der Waals surface area (Å²) in [7, 11) is 0. The SMILES string of the molecule is CC(=O)N[C@H]1C(O)O[C@H](CO)[C@@H](O)[C@@H]1O.C[C@H](O)[C@@H](O)[C@@H](O)[C@H](O)C=O.O=C[C@H](O)[C@@H](O)[C@@H](O)[C@H](O)CO. The number of amides is 1. The Bertz CT molecular complexity index is 669. The fraction of sp³-hybridized carbons (Fsp3) is 0.850. The van der Waals surface area contributed by atoms with E-state index < -0.39 is 98.6 Å². The second kappa shape index (κ2) is 19.3. The summed E-state index contributed by atoms with van der Waals surface area (Å²) in [5.41, 5.74) is 0. The molecule has 0 aromatic rings. The van der Waals surface area contributed by atoms with Gasteiger partial charge < -0.3 is 86.0 Å². The van der Waals surface area contributed by atoms with Gasteiger partial charge in [-0.15, -0.1) is 0 Å². The molecule has 0 aromatic carbocycles. The van der Waals surface area contributed by atoms with Gasteiger partial charge in [0.25, 0.3) is 0 Å². The Hall–Kier alpha value is -1.75. The Morgan fingerprint density at radius 2 is 1.26 bits per heavy atom. The van der Waals surface area contributed by atoms with Crippen molar-refractivity contribution in [3.63, 3.8) is 0 Å². The smallest absolute Gasteiger partial charge is 0.217 e. The molecule has 1 saturated heterocycles. The zero-order chi connectivity index (χ0) is 30.3. The van der Waals surface area contributed by atoms with Crippen molar-refractivity contribution in [2.45, 2.75) is 93.3 Å². The first-order chi connectivity index (χ1) is 17.5. The Kier molecular flexibility index (Phi) is 19.5. The minimum absolute atomic E-state index is 0.0258. The number of hydrogen-bond acceptors (Lipinski definition) is 17. The lowest BCUT2D eigenvalue weighted by Gasteiger charge is -2.40. The van der Waals surface area contributed by atoms with Gasteiger partial charge in [0.15, 0.2) is 18.9 Å². The lowest BCUT2D eigenvalue weighted by atomic mass is 9.97. The minimum atomic E-state index is -1.79. The summed E-state index contributed by atoms with van der Waals surface area (Å²) < 4.78 is 4.81. The first-order valence-electron chi connectivity index (χ1n) is 11.1. The van der Waals surface area contributed by atoms with Crippen molar-refractivity contribution < 1.29 is 85.5 Å². The molecule has 226 valence electrons. The summed E-state index contributed by atoms with van der Waals surface area (Å²) in [6.07, 6.45) is -18.0. The van der Waals surface area contributed by atoms with Crippen molar-refractivity contribution in [1.29, 1.82) is 0 Å². The van der Waals surface area contributed by atoms with Gasteiger partial charge in [-0.2, -0.15) is 0 Å². The fourth-order valence-electron chi connectivity index (χ4n) is 2.67. The third-order valence-corrected chi connectivity index (χ3v) is 5.02. The van der Waals surface area contributed by atoms with Crippen molar-refractivity contribution in [3.8, 4) is 0 Å². The monoisotopic (exact) mass is 565 g/mol. The number of rotatable bonds is 11. The second-order valence-electron chi connectivity index (χ2n) is 8.16. The summed E-state index contributed by atoms with van der Waals surface area (Å²) in [5, 5.41) is 118. The first kappa shape index (κ1) is 38.4. The van der Waals surface area contributed by atoms with Crippen LogP contribution in [0.15, 0.2) is 0 Å². The largest absolute Gasteiger partial charge is 0.394 e. The predicted molar refractivity (Wildman–Crippen MR) is 121 cm³/mol. The summed E-state index contributed by atoms with van der Waals surface area (Å²) in [6, 6.07) is -1.10. The number of ether oxygens (including phenoxy) is 1. The van der Waals surface area contributed by atoms with Crippen LogP contribution in [-0.4, -0.2) is 178 Å². The first-order valence-corrected chi connectivity index (χ1v) is 11.1. The third-order valence-electron chi connectivity index (χ3n) is 5.02. The molecule has 1 rings (SSSR count). The van der Waals surface area contributed by atoms with Crippen LogP contribution in [0.4, 0.5) is 0 Å². The zero-order valence-corrected chi connectivity index (χ0v) is 20.5. The molecule has 1 unspecified atom stereocenters. The third kappa shape index (κ3) is 12.9. The number of carbonyl (C=O) groups is 3. The number of nitrogens with one attached hydrogen (secondary N) is 1. The summed E-state index contributed by atoms with van der Waals surface area (Å²) >= 11 is 0. The maximum Gasteiger partial charge on any atom is 0.217 e. The molecule has 0 radical (unpaired) electrons. The van der Waals surface area contributed by atoms with Crippen LogP contribution in [0.1, 0.15) is 13.8 Å². The van der Waals surface area contributed by atoms with Gasteiger partial charge in [-0.05, 0) is 6.92 Å². The molecule has 0 saturated carbocycles. The molecule has 1 aliphatic rings. The van der Waals surface area contributed by atoms with Gasteiger partial charge in [0.05, 0.1) is 19.3 Å². The van der Waals surface area contributed by atoms with Crippen LogP contribution in [0.3, 0.4) is 0 Å². The number of carbonyl (C=O) groups excluding carboxylic acids is 3. The number of aliphatic hydroxyl groups is 13.